The predicted octanol–water partition coefficient (Wildman–Crippen LogP) is 3.22. The van der Waals surface area contributed by atoms with E-state index in [2.05, 4.69) is 6.92 Å². The summed E-state index contributed by atoms with van der Waals surface area (Å²) in [6, 6.07) is 4.73. The first-order chi connectivity index (χ1) is 8.10. The van der Waals surface area contributed by atoms with Crippen molar-refractivity contribution in [1.29, 1.82) is 0 Å². The van der Waals surface area contributed by atoms with E-state index in [9.17, 15) is 10.1 Å². The summed E-state index contributed by atoms with van der Waals surface area (Å²) in [4.78, 5) is 10.4. The molecule has 102 valence electrons. The van der Waals surface area contributed by atoms with Crippen molar-refractivity contribution in [2.75, 3.05) is 7.11 Å². The number of benzene rings is 1. The first-order valence-electron chi connectivity index (χ1n) is 5.68. The zero-order valence-corrected chi connectivity index (χ0v) is 11.4. The predicted molar refractivity (Wildman–Crippen MR) is 73.3 cm³/mol. The number of ether oxygens (including phenoxy) is 1. The molecule has 0 heterocycles. The Morgan fingerprint density at radius 1 is 1.50 bits per heavy atom. The SMILES string of the molecule is CCCC[C@H](N)c1ccc(OC)c([N+](=O)[O-])c1.Cl. The van der Waals surface area contributed by atoms with Gasteiger partial charge in [-0.15, -0.1) is 12.4 Å². The standard InChI is InChI=1S/C12H18N2O3.ClH/c1-3-4-5-10(13)9-6-7-12(17-2)11(8-9)14(15)16;/h6-8,10H,3-5,13H2,1-2H3;1H/t10-;/m0./s1. The molecule has 0 aromatic heterocycles. The topological polar surface area (TPSA) is 78.4 Å². The summed E-state index contributed by atoms with van der Waals surface area (Å²) in [5.74, 6) is 0.265. The molecule has 0 aliphatic rings. The van der Waals surface area contributed by atoms with Crippen LogP contribution in [0.4, 0.5) is 5.69 Å². The quantitative estimate of drug-likeness (QED) is 0.638. The maximum absolute atomic E-state index is 10.9. The van der Waals surface area contributed by atoms with Crippen molar-refractivity contribution >= 4 is 18.1 Å². The molecule has 1 atom stereocenters. The molecule has 0 bridgehead atoms. The van der Waals surface area contributed by atoms with Crippen LogP contribution < -0.4 is 10.5 Å². The van der Waals surface area contributed by atoms with Crippen molar-refractivity contribution < 1.29 is 9.66 Å². The molecule has 0 saturated carbocycles. The molecule has 18 heavy (non-hydrogen) atoms. The summed E-state index contributed by atoms with van der Waals surface area (Å²) in [7, 11) is 1.42. The zero-order valence-electron chi connectivity index (χ0n) is 10.6. The Kier molecular flexibility index (Phi) is 7.31. The van der Waals surface area contributed by atoms with Crippen molar-refractivity contribution in [3.8, 4) is 5.75 Å². The lowest BCUT2D eigenvalue weighted by atomic mass is 10.0. The van der Waals surface area contributed by atoms with Crippen LogP contribution in [0.3, 0.4) is 0 Å². The Morgan fingerprint density at radius 3 is 2.67 bits per heavy atom. The first-order valence-corrected chi connectivity index (χ1v) is 5.68. The van der Waals surface area contributed by atoms with Gasteiger partial charge in [-0.05, 0) is 18.1 Å². The Morgan fingerprint density at radius 2 is 2.17 bits per heavy atom. The minimum absolute atomic E-state index is 0. The van der Waals surface area contributed by atoms with Crippen LogP contribution in [0.1, 0.15) is 37.8 Å². The summed E-state index contributed by atoms with van der Waals surface area (Å²) in [6.45, 7) is 2.09. The molecule has 0 aliphatic carbocycles. The van der Waals surface area contributed by atoms with Crippen LogP contribution in [0.5, 0.6) is 5.75 Å². The van der Waals surface area contributed by atoms with Crippen molar-refractivity contribution in [2.24, 2.45) is 5.73 Å². The lowest BCUT2D eigenvalue weighted by Gasteiger charge is -2.12. The molecule has 0 unspecified atom stereocenters. The molecular formula is C12H19ClN2O3. The van der Waals surface area contributed by atoms with Gasteiger partial charge < -0.3 is 10.5 Å². The van der Waals surface area contributed by atoms with Gasteiger partial charge in [0.15, 0.2) is 5.75 Å². The van der Waals surface area contributed by atoms with E-state index in [1.54, 1.807) is 12.1 Å². The summed E-state index contributed by atoms with van der Waals surface area (Å²) in [6.07, 6.45) is 2.91. The molecule has 1 aromatic rings. The van der Waals surface area contributed by atoms with Crippen LogP contribution >= 0.6 is 12.4 Å². The van der Waals surface area contributed by atoms with E-state index < -0.39 is 4.92 Å². The van der Waals surface area contributed by atoms with Gasteiger partial charge in [0.25, 0.3) is 0 Å². The number of hydrogen-bond donors (Lipinski definition) is 1. The van der Waals surface area contributed by atoms with E-state index in [1.807, 2.05) is 0 Å². The van der Waals surface area contributed by atoms with Crippen LogP contribution in [0.25, 0.3) is 0 Å². The molecule has 2 N–H and O–H groups in total. The largest absolute Gasteiger partial charge is 0.490 e. The fraction of sp³-hybridized carbons (Fsp3) is 0.500. The third-order valence-corrected chi connectivity index (χ3v) is 2.70. The summed E-state index contributed by atoms with van der Waals surface area (Å²) >= 11 is 0. The van der Waals surface area contributed by atoms with Gasteiger partial charge >= 0.3 is 5.69 Å². The van der Waals surface area contributed by atoms with Gasteiger partial charge in [-0.2, -0.15) is 0 Å². The van der Waals surface area contributed by atoms with E-state index in [-0.39, 0.29) is 29.9 Å². The molecule has 0 saturated heterocycles. The van der Waals surface area contributed by atoms with Crippen molar-refractivity contribution in [3.63, 3.8) is 0 Å². The fourth-order valence-electron chi connectivity index (χ4n) is 1.67. The van der Waals surface area contributed by atoms with Crippen LogP contribution in [-0.4, -0.2) is 12.0 Å². The van der Waals surface area contributed by atoms with Crippen molar-refractivity contribution in [3.05, 3.63) is 33.9 Å². The number of nitro benzene ring substituents is 1. The van der Waals surface area contributed by atoms with Gasteiger partial charge in [0.05, 0.1) is 12.0 Å². The first kappa shape index (κ1) is 16.7. The van der Waals surface area contributed by atoms with Crippen LogP contribution in [-0.2, 0) is 0 Å². The average molecular weight is 275 g/mol. The summed E-state index contributed by atoms with van der Waals surface area (Å²) < 4.78 is 4.94. The normalized spacial score (nSPS) is 11.5. The Labute approximate surface area is 113 Å². The zero-order chi connectivity index (χ0) is 12.8. The van der Waals surface area contributed by atoms with Crippen LogP contribution in [0, 0.1) is 10.1 Å². The van der Waals surface area contributed by atoms with Gasteiger partial charge in [-0.3, -0.25) is 10.1 Å². The lowest BCUT2D eigenvalue weighted by molar-refractivity contribution is -0.385. The molecule has 1 aromatic carbocycles. The minimum atomic E-state index is -0.450. The molecule has 0 amide bonds. The number of unbranched alkanes of at least 4 members (excludes halogenated alkanes) is 1. The number of rotatable bonds is 6. The average Bonchev–Trinajstić information content (AvgIpc) is 2.34. The fourth-order valence-corrected chi connectivity index (χ4v) is 1.67. The van der Waals surface area contributed by atoms with Gasteiger partial charge in [0.1, 0.15) is 0 Å². The number of hydrogen-bond acceptors (Lipinski definition) is 4. The molecule has 0 aliphatic heterocycles. The summed E-state index contributed by atoms with van der Waals surface area (Å²) in [5.41, 5.74) is 6.73. The number of methoxy groups -OCH3 is 1. The highest BCUT2D eigenvalue weighted by molar-refractivity contribution is 5.85. The molecule has 1 rings (SSSR count). The van der Waals surface area contributed by atoms with E-state index in [4.69, 9.17) is 10.5 Å². The molecule has 5 nitrogen and oxygen atoms in total. The van der Waals surface area contributed by atoms with Gasteiger partial charge in [-0.25, -0.2) is 0 Å². The molecule has 0 fully saturated rings. The minimum Gasteiger partial charge on any atom is -0.490 e. The van der Waals surface area contributed by atoms with Crippen LogP contribution in [0.2, 0.25) is 0 Å². The van der Waals surface area contributed by atoms with Crippen molar-refractivity contribution in [2.45, 2.75) is 32.2 Å². The van der Waals surface area contributed by atoms with E-state index >= 15 is 0 Å². The molecule has 6 heteroatoms. The van der Waals surface area contributed by atoms with Crippen LogP contribution in [0.15, 0.2) is 18.2 Å². The van der Waals surface area contributed by atoms with Gasteiger partial charge in [0.2, 0.25) is 0 Å². The third-order valence-electron chi connectivity index (χ3n) is 2.70. The van der Waals surface area contributed by atoms with E-state index in [0.717, 1.165) is 24.8 Å². The maximum atomic E-state index is 10.9. The molecule has 0 radical (unpaired) electrons. The molecule has 0 spiro atoms. The highest BCUT2D eigenvalue weighted by Gasteiger charge is 2.17. The number of nitrogens with two attached hydrogens (primary N) is 1. The Bertz CT molecular complexity index is 399. The highest BCUT2D eigenvalue weighted by atomic mass is 35.5. The monoisotopic (exact) mass is 274 g/mol. The number of halogens is 1. The van der Waals surface area contributed by atoms with E-state index in [0.29, 0.717) is 0 Å². The lowest BCUT2D eigenvalue weighted by Crippen LogP contribution is -2.10. The summed E-state index contributed by atoms with van der Waals surface area (Å²) in [5, 5.41) is 10.9. The second-order valence-electron chi connectivity index (χ2n) is 3.94. The second kappa shape index (κ2) is 7.89. The van der Waals surface area contributed by atoms with Crippen molar-refractivity contribution in [1.82, 2.24) is 0 Å². The maximum Gasteiger partial charge on any atom is 0.311 e. The van der Waals surface area contributed by atoms with Gasteiger partial charge in [0, 0.05) is 12.1 Å². The highest BCUT2D eigenvalue weighted by Crippen LogP contribution is 2.30. The second-order valence-corrected chi connectivity index (χ2v) is 3.94. The number of nitrogens with zero attached hydrogens (tertiary/aromatic N) is 1. The van der Waals surface area contributed by atoms with E-state index in [1.165, 1.54) is 13.2 Å². The third kappa shape index (κ3) is 4.16. The number of nitro groups is 1. The molecular weight excluding hydrogens is 256 g/mol. The smallest absolute Gasteiger partial charge is 0.311 e. The Balaban J connectivity index is 0.00000289. The van der Waals surface area contributed by atoms with Gasteiger partial charge in [-0.1, -0.05) is 25.8 Å². The Hall–Kier alpha value is -1.33.